The van der Waals surface area contributed by atoms with E-state index < -0.39 is 0 Å². The van der Waals surface area contributed by atoms with E-state index in [2.05, 4.69) is 5.10 Å². The number of aromatic nitrogens is 2. The molecule has 0 fully saturated rings. The molecule has 7 heavy (non-hydrogen) atoms. The second kappa shape index (κ2) is 1.34. The molecule has 0 saturated heterocycles. The minimum Gasteiger partial charge on any atom is -0.370 e. The van der Waals surface area contributed by atoms with Gasteiger partial charge in [-0.1, -0.05) is 0 Å². The average Bonchev–Trinajstić information content (AvgIpc) is 1.87. The first-order valence-corrected chi connectivity index (χ1v) is 2.49. The van der Waals surface area contributed by atoms with Crippen molar-refractivity contribution in [2.24, 2.45) is 0 Å². The maximum Gasteiger partial charge on any atom is 0.312 e. The Labute approximate surface area is 43.8 Å². The van der Waals surface area contributed by atoms with Crippen LogP contribution in [0.15, 0.2) is 5.51 Å². The first kappa shape index (κ1) is 4.32. The highest BCUT2D eigenvalue weighted by Gasteiger charge is 1.99. The summed E-state index contributed by atoms with van der Waals surface area (Å²) in [5.74, 6) is 0. The number of hydrogen-bond acceptors (Lipinski definition) is 4. The van der Waals surface area contributed by atoms with Gasteiger partial charge >= 0.3 is 5.51 Å². The Bertz CT molecular complexity index is 145. The van der Waals surface area contributed by atoms with Crippen LogP contribution in [0.25, 0.3) is 0 Å². The fourth-order valence-corrected chi connectivity index (χ4v) is 0.629. The van der Waals surface area contributed by atoms with Gasteiger partial charge in [0.15, 0.2) is 0 Å². The van der Waals surface area contributed by atoms with Crippen molar-refractivity contribution >= 4 is 16.5 Å². The molecule has 3 N–H and O–H groups in total. The Hall–Kier alpha value is -0.840. The average molecular weight is 118 g/mol. The molecule has 0 unspecified atom stereocenters. The van der Waals surface area contributed by atoms with E-state index in [1.807, 2.05) is 0 Å². The van der Waals surface area contributed by atoms with E-state index >= 15 is 0 Å². The molecule has 0 saturated carbocycles. The van der Waals surface area contributed by atoms with Crippen LogP contribution in [0.4, 0.5) is 5.13 Å². The quantitative estimate of drug-likeness (QED) is 0.348. The van der Waals surface area contributed by atoms with Gasteiger partial charge in [0.1, 0.15) is 4.85 Å². The second-order valence-electron chi connectivity index (χ2n) is 0.982. The van der Waals surface area contributed by atoms with Gasteiger partial charge in [0.25, 0.3) is 5.13 Å². The van der Waals surface area contributed by atoms with Crippen LogP contribution in [0, 0.1) is 0 Å². The summed E-state index contributed by atoms with van der Waals surface area (Å²) in [4.78, 5) is 0.681. The molecule has 0 bridgehead atoms. The Balaban J connectivity index is 3.04. The van der Waals surface area contributed by atoms with Gasteiger partial charge in [-0.25, -0.2) is 0 Å². The fourth-order valence-electron chi connectivity index (χ4n) is 0.249. The lowest BCUT2D eigenvalue weighted by atomic mass is 11.3. The summed E-state index contributed by atoms with van der Waals surface area (Å²) in [7, 11) is 0. The molecule has 1 aromatic rings. The zero-order valence-corrected chi connectivity index (χ0v) is 4.22. The van der Waals surface area contributed by atoms with E-state index in [1.54, 1.807) is 0 Å². The van der Waals surface area contributed by atoms with Crippen molar-refractivity contribution in [1.29, 1.82) is 0 Å². The minimum atomic E-state index is 0.363. The number of rotatable bonds is 0. The molecular weight excluding hydrogens is 114 g/mol. The van der Waals surface area contributed by atoms with Crippen molar-refractivity contribution in [3.8, 4) is 0 Å². The predicted octanol–water partition coefficient (Wildman–Crippen LogP) is -0.750. The third-order valence-electron chi connectivity index (χ3n) is 0.469. The monoisotopic (exact) mass is 118 g/mol. The van der Waals surface area contributed by atoms with Crippen molar-refractivity contribution in [2.75, 3.05) is 5.73 Å². The molecule has 0 aliphatic heterocycles. The summed E-state index contributed by atoms with van der Waals surface area (Å²) in [6, 6.07) is 0. The molecule has 0 spiro atoms. The summed E-state index contributed by atoms with van der Waals surface area (Å²) >= 11 is 1.18. The van der Waals surface area contributed by atoms with Gasteiger partial charge in [0, 0.05) is 0 Å². The van der Waals surface area contributed by atoms with Gasteiger partial charge in [-0.05, 0) is 11.3 Å². The van der Waals surface area contributed by atoms with Gasteiger partial charge in [-0.3, -0.25) is 5.21 Å². The van der Waals surface area contributed by atoms with Gasteiger partial charge in [0.2, 0.25) is 0 Å². The van der Waals surface area contributed by atoms with E-state index in [9.17, 15) is 0 Å². The maximum atomic E-state index is 8.39. The molecule has 1 rings (SSSR count). The lowest BCUT2D eigenvalue weighted by Crippen LogP contribution is -2.30. The number of anilines is 1. The van der Waals surface area contributed by atoms with Crippen molar-refractivity contribution in [3.63, 3.8) is 0 Å². The standard InChI is InChI=1S/C2H4N3OS/c3-2-4-5(6)1-7-2/h1,6H,(H2,3,4)/q+1. The normalized spacial score (nSPS) is 9.14. The Morgan fingerprint density at radius 3 is 2.86 bits per heavy atom. The third-order valence-corrected chi connectivity index (χ3v) is 1.09. The van der Waals surface area contributed by atoms with Crippen LogP contribution in [0.1, 0.15) is 0 Å². The predicted molar refractivity (Wildman–Crippen MR) is 23.9 cm³/mol. The van der Waals surface area contributed by atoms with Crippen LogP contribution in [-0.4, -0.2) is 10.3 Å². The van der Waals surface area contributed by atoms with E-state index in [0.717, 1.165) is 0 Å². The largest absolute Gasteiger partial charge is 0.370 e. The van der Waals surface area contributed by atoms with Crippen LogP contribution in [0.2, 0.25) is 0 Å². The molecule has 1 heterocycles. The topological polar surface area (TPSA) is 63.0 Å². The van der Waals surface area contributed by atoms with Crippen molar-refractivity contribution in [3.05, 3.63) is 5.51 Å². The van der Waals surface area contributed by atoms with E-state index in [-0.39, 0.29) is 0 Å². The third kappa shape index (κ3) is 0.774. The number of hydrogen-bond donors (Lipinski definition) is 2. The van der Waals surface area contributed by atoms with Gasteiger partial charge in [-0.15, -0.1) is 0 Å². The Morgan fingerprint density at radius 2 is 2.71 bits per heavy atom. The second-order valence-corrected chi connectivity index (χ2v) is 1.85. The summed E-state index contributed by atoms with van der Waals surface area (Å²) in [5, 5.41) is 12.1. The van der Waals surface area contributed by atoms with Crippen molar-refractivity contribution in [2.45, 2.75) is 0 Å². The fraction of sp³-hybridized carbons (Fsp3) is 0. The van der Waals surface area contributed by atoms with Crippen LogP contribution in [0.5, 0.6) is 0 Å². The van der Waals surface area contributed by atoms with E-state index in [0.29, 0.717) is 9.98 Å². The first-order chi connectivity index (χ1) is 3.29. The molecule has 1 aromatic heterocycles. The summed E-state index contributed by atoms with van der Waals surface area (Å²) in [6.45, 7) is 0. The van der Waals surface area contributed by atoms with Crippen LogP contribution >= 0.6 is 11.3 Å². The molecular formula is C2H4N3OS+. The number of nitrogens with two attached hydrogens (primary N) is 1. The molecule has 0 aromatic carbocycles. The SMILES string of the molecule is Nc1n[n+](O)cs1. The number of nitrogen functional groups attached to an aromatic ring is 1. The molecule has 0 aliphatic carbocycles. The van der Waals surface area contributed by atoms with Crippen LogP contribution in [-0.2, 0) is 0 Å². The van der Waals surface area contributed by atoms with E-state index in [4.69, 9.17) is 10.9 Å². The summed E-state index contributed by atoms with van der Waals surface area (Å²) in [5.41, 5.74) is 6.50. The molecule has 5 heteroatoms. The van der Waals surface area contributed by atoms with Gasteiger partial charge in [-0.2, -0.15) is 0 Å². The van der Waals surface area contributed by atoms with Crippen LogP contribution in [0.3, 0.4) is 0 Å². The molecule has 0 atom stereocenters. The lowest BCUT2D eigenvalue weighted by Gasteiger charge is -1.62. The molecule has 38 valence electrons. The lowest BCUT2D eigenvalue weighted by molar-refractivity contribution is -0.944. The van der Waals surface area contributed by atoms with E-state index in [1.165, 1.54) is 16.8 Å². The smallest absolute Gasteiger partial charge is 0.312 e. The summed E-state index contributed by atoms with van der Waals surface area (Å²) in [6.07, 6.45) is 0. The molecule has 0 radical (unpaired) electrons. The molecule has 0 amide bonds. The van der Waals surface area contributed by atoms with Crippen molar-refractivity contribution < 1.29 is 10.1 Å². The van der Waals surface area contributed by atoms with Gasteiger partial charge in [0.05, 0.1) is 5.10 Å². The highest BCUT2D eigenvalue weighted by Crippen LogP contribution is 1.97. The summed E-state index contributed by atoms with van der Waals surface area (Å²) < 4.78 is 0. The highest BCUT2D eigenvalue weighted by molar-refractivity contribution is 7.12. The molecule has 4 nitrogen and oxygen atoms in total. The Kier molecular flexibility index (Phi) is 0.828. The highest BCUT2D eigenvalue weighted by atomic mass is 32.1. The first-order valence-electron chi connectivity index (χ1n) is 1.61. The minimum absolute atomic E-state index is 0.363. The number of nitrogens with zero attached hydrogens (tertiary/aromatic N) is 2. The zero-order chi connectivity index (χ0) is 5.28. The zero-order valence-electron chi connectivity index (χ0n) is 3.40. The molecule has 0 aliphatic rings. The maximum absolute atomic E-state index is 8.39. The van der Waals surface area contributed by atoms with Gasteiger partial charge < -0.3 is 5.73 Å². The Morgan fingerprint density at radius 1 is 2.00 bits per heavy atom. The van der Waals surface area contributed by atoms with Crippen molar-refractivity contribution in [1.82, 2.24) is 5.10 Å². The van der Waals surface area contributed by atoms with Crippen LogP contribution < -0.4 is 10.6 Å².